The highest BCUT2D eigenvalue weighted by Gasteiger charge is 2.23. The summed E-state index contributed by atoms with van der Waals surface area (Å²) in [5, 5.41) is 0.0711. The second-order valence-corrected chi connectivity index (χ2v) is 5.08. The molecule has 0 aliphatic rings. The number of halogens is 2. The molecule has 6 heteroatoms. The lowest BCUT2D eigenvalue weighted by atomic mass is 10.1. The second-order valence-electron chi connectivity index (χ2n) is 4.72. The van der Waals surface area contributed by atoms with Crippen molar-refractivity contribution in [3.63, 3.8) is 0 Å². The topological polar surface area (TPSA) is 59.2 Å². The molecule has 21 heavy (non-hydrogen) atoms. The van der Waals surface area contributed by atoms with Gasteiger partial charge in [-0.05, 0) is 19.1 Å². The molecule has 1 aromatic heterocycles. The van der Waals surface area contributed by atoms with E-state index in [4.69, 9.17) is 17.3 Å². The molecule has 1 atom stereocenters. The van der Waals surface area contributed by atoms with Gasteiger partial charge in [0.05, 0.1) is 23.5 Å². The van der Waals surface area contributed by atoms with Crippen LogP contribution in [0.15, 0.2) is 36.5 Å². The van der Waals surface area contributed by atoms with E-state index in [-0.39, 0.29) is 22.4 Å². The number of amides is 1. The van der Waals surface area contributed by atoms with Crippen LogP contribution in [0, 0.1) is 5.82 Å². The minimum atomic E-state index is -0.448. The molecule has 0 bridgehead atoms. The molecule has 0 radical (unpaired) electrons. The number of carbonyl (C=O) groups excluding carboxylic acids is 1. The van der Waals surface area contributed by atoms with Crippen LogP contribution in [-0.2, 0) is 0 Å². The zero-order chi connectivity index (χ0) is 15.6. The van der Waals surface area contributed by atoms with Gasteiger partial charge < -0.3 is 10.6 Å². The molecular weight excluding hydrogens is 293 g/mol. The van der Waals surface area contributed by atoms with Gasteiger partial charge in [-0.15, -0.1) is 0 Å². The number of aromatic nitrogens is 1. The van der Waals surface area contributed by atoms with E-state index < -0.39 is 6.04 Å². The van der Waals surface area contributed by atoms with Crippen molar-refractivity contribution in [1.82, 2.24) is 9.88 Å². The number of hydrogen-bond acceptors (Lipinski definition) is 3. The minimum Gasteiger partial charge on any atom is -0.397 e. The van der Waals surface area contributed by atoms with Crippen molar-refractivity contribution in [2.24, 2.45) is 0 Å². The molecule has 1 amide bonds. The molecule has 2 aromatic rings. The minimum absolute atomic E-state index is 0.0711. The van der Waals surface area contributed by atoms with Crippen LogP contribution in [0.2, 0.25) is 5.15 Å². The largest absolute Gasteiger partial charge is 0.397 e. The van der Waals surface area contributed by atoms with Gasteiger partial charge in [0.25, 0.3) is 5.91 Å². The van der Waals surface area contributed by atoms with Gasteiger partial charge in [-0.1, -0.05) is 29.8 Å². The maximum atomic E-state index is 13.8. The number of carbonyl (C=O) groups is 1. The quantitative estimate of drug-likeness (QED) is 0.885. The zero-order valence-corrected chi connectivity index (χ0v) is 12.4. The van der Waals surface area contributed by atoms with Gasteiger partial charge in [0, 0.05) is 12.6 Å². The third kappa shape index (κ3) is 3.13. The van der Waals surface area contributed by atoms with Crippen LogP contribution < -0.4 is 5.73 Å². The lowest BCUT2D eigenvalue weighted by Gasteiger charge is -2.26. The smallest absolute Gasteiger partial charge is 0.257 e. The molecule has 0 saturated heterocycles. The molecule has 2 rings (SSSR count). The Balaban J connectivity index is 2.31. The average molecular weight is 308 g/mol. The maximum Gasteiger partial charge on any atom is 0.257 e. The molecule has 0 saturated carbocycles. The Morgan fingerprint density at radius 1 is 1.43 bits per heavy atom. The molecule has 0 aliphatic heterocycles. The maximum absolute atomic E-state index is 13.8. The lowest BCUT2D eigenvalue weighted by molar-refractivity contribution is 0.0740. The number of pyridine rings is 1. The molecule has 4 nitrogen and oxygen atoms in total. The van der Waals surface area contributed by atoms with Gasteiger partial charge in [-0.25, -0.2) is 9.37 Å². The first-order chi connectivity index (χ1) is 9.91. The highest BCUT2D eigenvalue weighted by molar-refractivity contribution is 6.32. The summed E-state index contributed by atoms with van der Waals surface area (Å²) in [7, 11) is 1.58. The number of anilines is 1. The SMILES string of the molecule is CC(c1ccccc1F)N(C)C(=O)c1cc(N)cnc1Cl. The van der Waals surface area contributed by atoms with E-state index in [1.54, 1.807) is 32.2 Å². The first kappa shape index (κ1) is 15.3. The van der Waals surface area contributed by atoms with Gasteiger partial charge in [0.15, 0.2) is 0 Å². The standard InChI is InChI=1S/C15H15ClFN3O/c1-9(11-5-3-4-6-13(11)17)20(2)15(21)12-7-10(18)8-19-14(12)16/h3-9H,18H2,1-2H3. The van der Waals surface area contributed by atoms with Crippen molar-refractivity contribution in [1.29, 1.82) is 0 Å². The van der Waals surface area contributed by atoms with Crippen molar-refractivity contribution in [3.05, 3.63) is 58.6 Å². The number of rotatable bonds is 3. The summed E-state index contributed by atoms with van der Waals surface area (Å²) >= 11 is 5.93. The fraction of sp³-hybridized carbons (Fsp3) is 0.200. The fourth-order valence-corrected chi connectivity index (χ4v) is 2.19. The van der Waals surface area contributed by atoms with Crippen LogP contribution in [-0.4, -0.2) is 22.8 Å². The molecule has 2 N–H and O–H groups in total. The van der Waals surface area contributed by atoms with Crippen LogP contribution >= 0.6 is 11.6 Å². The number of nitrogens with two attached hydrogens (primary N) is 1. The molecular formula is C15H15ClFN3O. The fourth-order valence-electron chi connectivity index (χ4n) is 2.00. The monoisotopic (exact) mass is 307 g/mol. The van der Waals surface area contributed by atoms with E-state index in [1.807, 2.05) is 0 Å². The molecule has 0 aliphatic carbocycles. The Hall–Kier alpha value is -2.14. The third-order valence-electron chi connectivity index (χ3n) is 3.35. The van der Waals surface area contributed by atoms with E-state index in [9.17, 15) is 9.18 Å². The Labute approximate surface area is 127 Å². The van der Waals surface area contributed by atoms with Crippen LogP contribution in [0.25, 0.3) is 0 Å². The Morgan fingerprint density at radius 3 is 2.76 bits per heavy atom. The summed E-state index contributed by atoms with van der Waals surface area (Å²) in [6.07, 6.45) is 1.37. The van der Waals surface area contributed by atoms with Crippen molar-refractivity contribution in [2.75, 3.05) is 12.8 Å². The van der Waals surface area contributed by atoms with E-state index in [1.165, 1.54) is 23.2 Å². The predicted octanol–water partition coefficient (Wildman–Crippen LogP) is 3.29. The first-order valence-electron chi connectivity index (χ1n) is 6.34. The highest BCUT2D eigenvalue weighted by Crippen LogP contribution is 2.25. The van der Waals surface area contributed by atoms with Crippen molar-refractivity contribution >= 4 is 23.2 Å². The van der Waals surface area contributed by atoms with Crippen molar-refractivity contribution < 1.29 is 9.18 Å². The summed E-state index contributed by atoms with van der Waals surface area (Å²) < 4.78 is 13.8. The van der Waals surface area contributed by atoms with Crippen molar-refractivity contribution in [3.8, 4) is 0 Å². The molecule has 1 aromatic carbocycles. The van der Waals surface area contributed by atoms with E-state index >= 15 is 0 Å². The molecule has 1 unspecified atom stereocenters. The second kappa shape index (κ2) is 6.10. The lowest BCUT2D eigenvalue weighted by Crippen LogP contribution is -2.30. The molecule has 110 valence electrons. The summed E-state index contributed by atoms with van der Waals surface area (Å²) in [4.78, 5) is 17.7. The van der Waals surface area contributed by atoms with E-state index in [0.29, 0.717) is 11.3 Å². The van der Waals surface area contributed by atoms with Crippen LogP contribution in [0.3, 0.4) is 0 Å². The predicted molar refractivity (Wildman–Crippen MR) is 80.6 cm³/mol. The molecule has 0 fully saturated rings. The normalized spacial score (nSPS) is 12.0. The van der Waals surface area contributed by atoms with Crippen LogP contribution in [0.5, 0.6) is 0 Å². The Kier molecular flexibility index (Phi) is 4.43. The number of benzene rings is 1. The van der Waals surface area contributed by atoms with Gasteiger partial charge in [0.1, 0.15) is 11.0 Å². The van der Waals surface area contributed by atoms with Crippen LogP contribution in [0.1, 0.15) is 28.9 Å². The van der Waals surface area contributed by atoms with E-state index in [0.717, 1.165) is 0 Å². The first-order valence-corrected chi connectivity index (χ1v) is 6.72. The third-order valence-corrected chi connectivity index (χ3v) is 3.65. The number of hydrogen-bond donors (Lipinski definition) is 1. The summed E-state index contributed by atoms with van der Waals surface area (Å²) in [5.41, 5.74) is 6.60. The zero-order valence-electron chi connectivity index (χ0n) is 11.7. The van der Waals surface area contributed by atoms with E-state index in [2.05, 4.69) is 4.98 Å². The van der Waals surface area contributed by atoms with Gasteiger partial charge in [0.2, 0.25) is 0 Å². The summed E-state index contributed by atoms with van der Waals surface area (Å²) in [6.45, 7) is 1.74. The number of nitrogens with zero attached hydrogens (tertiary/aromatic N) is 2. The Bertz CT molecular complexity index is 678. The average Bonchev–Trinajstić information content (AvgIpc) is 2.48. The van der Waals surface area contributed by atoms with Crippen LogP contribution in [0.4, 0.5) is 10.1 Å². The van der Waals surface area contributed by atoms with Gasteiger partial charge >= 0.3 is 0 Å². The van der Waals surface area contributed by atoms with Crippen molar-refractivity contribution in [2.45, 2.75) is 13.0 Å². The molecule has 1 heterocycles. The highest BCUT2D eigenvalue weighted by atomic mass is 35.5. The summed E-state index contributed by atoms with van der Waals surface area (Å²) in [6, 6.07) is 7.34. The Morgan fingerprint density at radius 2 is 2.10 bits per heavy atom. The number of nitrogen functional groups attached to an aromatic ring is 1. The summed E-state index contributed by atoms with van der Waals surface area (Å²) in [5.74, 6) is -0.725. The molecule has 0 spiro atoms. The van der Waals surface area contributed by atoms with Gasteiger partial charge in [-0.2, -0.15) is 0 Å². The van der Waals surface area contributed by atoms with Gasteiger partial charge in [-0.3, -0.25) is 4.79 Å².